The molecule has 28 heavy (non-hydrogen) atoms. The minimum Gasteiger partial charge on any atom is -0.448 e. The standard InChI is InChI=1S/C23H20N2O3/c1-2-28-23(27)24-20-16-10-9-15-19(20)22(26)25(24)21(17-11-5-3-6-12-17)18-13-7-4-8-14-18/h3-16,21H,2H2,1H3. The van der Waals surface area contributed by atoms with E-state index in [9.17, 15) is 9.59 Å². The van der Waals surface area contributed by atoms with Crippen molar-refractivity contribution in [3.8, 4) is 0 Å². The number of carbonyl (C=O) groups is 1. The molecule has 5 heteroatoms. The molecule has 0 aliphatic heterocycles. The summed E-state index contributed by atoms with van der Waals surface area (Å²) in [6, 6.07) is 26.0. The Morgan fingerprint density at radius 1 is 0.857 bits per heavy atom. The molecule has 140 valence electrons. The highest BCUT2D eigenvalue weighted by molar-refractivity contribution is 5.87. The van der Waals surface area contributed by atoms with Gasteiger partial charge in [-0.15, -0.1) is 0 Å². The van der Waals surface area contributed by atoms with Crippen molar-refractivity contribution in [1.82, 2.24) is 9.36 Å². The summed E-state index contributed by atoms with van der Waals surface area (Å²) in [5, 5.41) is 0.479. The summed E-state index contributed by atoms with van der Waals surface area (Å²) < 4.78 is 8.12. The number of benzene rings is 3. The first kappa shape index (κ1) is 17.8. The first-order valence-electron chi connectivity index (χ1n) is 9.21. The Morgan fingerprint density at radius 3 is 1.96 bits per heavy atom. The number of hydrogen-bond acceptors (Lipinski definition) is 3. The predicted octanol–water partition coefficient (Wildman–Crippen LogP) is 4.45. The van der Waals surface area contributed by atoms with E-state index in [0.29, 0.717) is 10.9 Å². The average molecular weight is 372 g/mol. The fourth-order valence-corrected chi connectivity index (χ4v) is 3.52. The molecule has 5 nitrogen and oxygen atoms in total. The maximum atomic E-state index is 13.4. The predicted molar refractivity (Wildman–Crippen MR) is 109 cm³/mol. The van der Waals surface area contributed by atoms with Crippen LogP contribution < -0.4 is 5.56 Å². The number of hydrogen-bond donors (Lipinski definition) is 0. The topological polar surface area (TPSA) is 53.2 Å². The van der Waals surface area contributed by atoms with Gasteiger partial charge in [-0.05, 0) is 30.2 Å². The number of para-hydroxylation sites is 1. The monoisotopic (exact) mass is 372 g/mol. The van der Waals surface area contributed by atoms with Crippen LogP contribution in [0.4, 0.5) is 4.79 Å². The maximum Gasteiger partial charge on any atom is 0.433 e. The van der Waals surface area contributed by atoms with Gasteiger partial charge in [0.2, 0.25) is 0 Å². The van der Waals surface area contributed by atoms with Crippen LogP contribution in [0.1, 0.15) is 24.1 Å². The van der Waals surface area contributed by atoms with Crippen molar-refractivity contribution in [1.29, 1.82) is 0 Å². The second kappa shape index (κ2) is 7.56. The molecular weight excluding hydrogens is 352 g/mol. The van der Waals surface area contributed by atoms with Crippen molar-refractivity contribution >= 4 is 17.0 Å². The van der Waals surface area contributed by atoms with E-state index in [0.717, 1.165) is 11.1 Å². The lowest BCUT2D eigenvalue weighted by molar-refractivity contribution is 0.146. The van der Waals surface area contributed by atoms with Gasteiger partial charge in [0.15, 0.2) is 0 Å². The zero-order valence-electron chi connectivity index (χ0n) is 15.5. The van der Waals surface area contributed by atoms with Gasteiger partial charge >= 0.3 is 6.09 Å². The Balaban J connectivity index is 2.07. The highest BCUT2D eigenvalue weighted by Gasteiger charge is 2.27. The van der Waals surface area contributed by atoms with Gasteiger partial charge in [-0.3, -0.25) is 4.79 Å². The molecule has 1 heterocycles. The molecule has 0 fully saturated rings. The average Bonchev–Trinajstić information content (AvgIpc) is 3.03. The third-order valence-corrected chi connectivity index (χ3v) is 4.70. The smallest absolute Gasteiger partial charge is 0.433 e. The van der Waals surface area contributed by atoms with Gasteiger partial charge in [-0.25, -0.2) is 9.48 Å². The van der Waals surface area contributed by atoms with Crippen LogP contribution in [0.5, 0.6) is 0 Å². The van der Waals surface area contributed by atoms with Gasteiger partial charge < -0.3 is 4.74 Å². The summed E-state index contributed by atoms with van der Waals surface area (Å²) in [5.74, 6) is 0. The van der Waals surface area contributed by atoms with Crippen LogP contribution in [0, 0.1) is 0 Å². The van der Waals surface area contributed by atoms with Crippen LogP contribution in [-0.4, -0.2) is 22.1 Å². The molecule has 4 rings (SSSR count). The molecule has 1 aromatic heterocycles. The molecule has 0 radical (unpaired) electrons. The van der Waals surface area contributed by atoms with Crippen molar-refractivity contribution in [2.24, 2.45) is 0 Å². The van der Waals surface area contributed by atoms with Crippen molar-refractivity contribution in [3.05, 3.63) is 106 Å². The number of aromatic nitrogens is 2. The molecule has 0 N–H and O–H groups in total. The van der Waals surface area contributed by atoms with E-state index in [4.69, 9.17) is 4.74 Å². The van der Waals surface area contributed by atoms with E-state index >= 15 is 0 Å². The number of ether oxygens (including phenoxy) is 1. The molecule has 3 aromatic carbocycles. The Morgan fingerprint density at radius 2 is 1.39 bits per heavy atom. The molecule has 0 saturated heterocycles. The maximum absolute atomic E-state index is 13.4. The van der Waals surface area contributed by atoms with E-state index in [1.54, 1.807) is 25.1 Å². The van der Waals surface area contributed by atoms with Crippen molar-refractivity contribution in [3.63, 3.8) is 0 Å². The molecule has 0 amide bonds. The molecule has 0 atom stereocenters. The molecule has 0 bridgehead atoms. The summed E-state index contributed by atoms with van der Waals surface area (Å²) in [4.78, 5) is 26.2. The van der Waals surface area contributed by atoms with Crippen LogP contribution >= 0.6 is 0 Å². The Labute approximate surface area is 162 Å². The van der Waals surface area contributed by atoms with Crippen LogP contribution in [0.2, 0.25) is 0 Å². The Hall–Kier alpha value is -3.60. The van der Waals surface area contributed by atoms with Crippen LogP contribution in [-0.2, 0) is 4.74 Å². The molecule has 4 aromatic rings. The molecule has 0 aliphatic rings. The van der Waals surface area contributed by atoms with Crippen LogP contribution in [0.3, 0.4) is 0 Å². The zero-order valence-corrected chi connectivity index (χ0v) is 15.5. The summed E-state index contributed by atoms with van der Waals surface area (Å²) in [5.41, 5.74) is 2.11. The van der Waals surface area contributed by atoms with Gasteiger partial charge in [-0.1, -0.05) is 72.8 Å². The van der Waals surface area contributed by atoms with Crippen molar-refractivity contribution < 1.29 is 9.53 Å². The minimum atomic E-state index is -0.572. The van der Waals surface area contributed by atoms with E-state index in [1.165, 1.54) is 9.36 Å². The summed E-state index contributed by atoms with van der Waals surface area (Å²) in [6.45, 7) is 1.97. The highest BCUT2D eigenvalue weighted by Crippen LogP contribution is 2.27. The highest BCUT2D eigenvalue weighted by atomic mass is 16.6. The molecule has 0 unspecified atom stereocenters. The largest absolute Gasteiger partial charge is 0.448 e. The zero-order chi connectivity index (χ0) is 19.5. The van der Waals surface area contributed by atoms with E-state index in [-0.39, 0.29) is 12.2 Å². The first-order chi connectivity index (χ1) is 13.7. The van der Waals surface area contributed by atoms with Crippen molar-refractivity contribution in [2.75, 3.05) is 6.61 Å². The van der Waals surface area contributed by atoms with E-state index in [2.05, 4.69) is 0 Å². The quantitative estimate of drug-likeness (QED) is 0.532. The lowest BCUT2D eigenvalue weighted by atomic mass is 9.99. The first-order valence-corrected chi connectivity index (χ1v) is 9.21. The van der Waals surface area contributed by atoms with Gasteiger partial charge in [0.1, 0.15) is 6.04 Å². The van der Waals surface area contributed by atoms with E-state index in [1.807, 2.05) is 66.7 Å². The fraction of sp³-hybridized carbons (Fsp3) is 0.130. The normalized spacial score (nSPS) is 11.1. The van der Waals surface area contributed by atoms with Gasteiger partial charge in [0.05, 0.1) is 17.5 Å². The lowest BCUT2D eigenvalue weighted by Gasteiger charge is -2.22. The third kappa shape index (κ3) is 3.01. The summed E-state index contributed by atoms with van der Waals surface area (Å²) in [7, 11) is 0. The number of rotatable bonds is 4. The molecule has 0 aliphatic carbocycles. The second-order valence-electron chi connectivity index (χ2n) is 6.40. The number of fused-ring (bicyclic) bond motifs is 1. The van der Waals surface area contributed by atoms with Crippen molar-refractivity contribution in [2.45, 2.75) is 13.0 Å². The number of carbonyl (C=O) groups excluding carboxylic acids is 1. The molecule has 0 spiro atoms. The molecular formula is C23H20N2O3. The SMILES string of the molecule is CCOC(=O)n1c2ccccc2c(=O)n1C(c1ccccc1)c1ccccc1. The van der Waals surface area contributed by atoms with Crippen LogP contribution in [0.25, 0.3) is 10.9 Å². The van der Waals surface area contributed by atoms with Gasteiger partial charge in [-0.2, -0.15) is 4.68 Å². The fourth-order valence-electron chi connectivity index (χ4n) is 3.52. The third-order valence-electron chi connectivity index (χ3n) is 4.70. The second-order valence-corrected chi connectivity index (χ2v) is 6.40. The Kier molecular flexibility index (Phi) is 4.81. The lowest BCUT2D eigenvalue weighted by Crippen LogP contribution is -2.33. The van der Waals surface area contributed by atoms with E-state index < -0.39 is 12.1 Å². The summed E-state index contributed by atoms with van der Waals surface area (Å²) >= 11 is 0. The molecule has 0 saturated carbocycles. The van der Waals surface area contributed by atoms with Gasteiger partial charge in [0, 0.05) is 0 Å². The van der Waals surface area contributed by atoms with Gasteiger partial charge in [0.25, 0.3) is 5.56 Å². The number of nitrogens with zero attached hydrogens (tertiary/aromatic N) is 2. The minimum absolute atomic E-state index is 0.223. The van der Waals surface area contributed by atoms with Crippen LogP contribution in [0.15, 0.2) is 89.7 Å². The summed E-state index contributed by atoms with van der Waals surface area (Å²) in [6.07, 6.45) is -0.572. The Bertz CT molecular complexity index is 1120.